The van der Waals surface area contributed by atoms with E-state index in [9.17, 15) is 4.79 Å². The van der Waals surface area contributed by atoms with Crippen LogP contribution in [0.1, 0.15) is 6.42 Å². The van der Waals surface area contributed by atoms with Gasteiger partial charge >= 0.3 is 0 Å². The predicted molar refractivity (Wildman–Crippen MR) is 48.9 cm³/mol. The number of hydrogen-bond acceptors (Lipinski definition) is 2. The number of amides is 1. The third-order valence-corrected chi connectivity index (χ3v) is 2.17. The first kappa shape index (κ1) is 9.26. The third-order valence-electron chi connectivity index (χ3n) is 2.17. The smallest absolute Gasteiger partial charge is 0.226 e. The van der Waals surface area contributed by atoms with Crippen molar-refractivity contribution in [2.45, 2.75) is 6.42 Å². The minimum Gasteiger partial charge on any atom is -0.340 e. The fourth-order valence-corrected chi connectivity index (χ4v) is 1.31. The van der Waals surface area contributed by atoms with Crippen LogP contribution >= 0.6 is 0 Å². The SMILES string of the molecule is C=CC[13C](=O)N1CCN(C)CC1. The Kier molecular flexibility index (Phi) is 3.29. The molecule has 0 atom stereocenters. The number of rotatable bonds is 2. The Morgan fingerprint density at radius 2 is 2.00 bits per heavy atom. The molecule has 1 rings (SSSR count). The molecule has 0 aromatic heterocycles. The number of piperazine rings is 1. The van der Waals surface area contributed by atoms with Crippen LogP contribution in [0.3, 0.4) is 0 Å². The summed E-state index contributed by atoms with van der Waals surface area (Å²) in [5, 5.41) is 0. The van der Waals surface area contributed by atoms with Crippen molar-refractivity contribution in [3.63, 3.8) is 0 Å². The number of carbonyl (C=O) groups excluding carboxylic acids is 1. The highest BCUT2D eigenvalue weighted by Crippen LogP contribution is 2.01. The first-order valence-electron chi connectivity index (χ1n) is 4.31. The van der Waals surface area contributed by atoms with Crippen LogP contribution in [0.4, 0.5) is 0 Å². The van der Waals surface area contributed by atoms with E-state index in [4.69, 9.17) is 0 Å². The number of hydrogen-bond donors (Lipinski definition) is 0. The zero-order valence-corrected chi connectivity index (χ0v) is 7.62. The summed E-state index contributed by atoms with van der Waals surface area (Å²) in [6.07, 6.45) is 2.14. The van der Waals surface area contributed by atoms with Crippen LogP contribution < -0.4 is 0 Å². The molecule has 1 saturated heterocycles. The van der Waals surface area contributed by atoms with E-state index in [0.717, 1.165) is 26.2 Å². The van der Waals surface area contributed by atoms with Gasteiger partial charge in [-0.25, -0.2) is 0 Å². The Hall–Kier alpha value is -0.830. The molecule has 1 aliphatic heterocycles. The van der Waals surface area contributed by atoms with Crippen molar-refractivity contribution in [3.8, 4) is 0 Å². The van der Waals surface area contributed by atoms with Crippen molar-refractivity contribution < 1.29 is 4.79 Å². The maximum atomic E-state index is 11.3. The van der Waals surface area contributed by atoms with Crippen molar-refractivity contribution in [2.24, 2.45) is 0 Å². The summed E-state index contributed by atoms with van der Waals surface area (Å²) in [7, 11) is 2.08. The number of nitrogens with zero attached hydrogens (tertiary/aromatic N) is 2. The molecule has 0 bridgehead atoms. The normalized spacial score (nSPS) is 19.2. The fourth-order valence-electron chi connectivity index (χ4n) is 1.31. The second kappa shape index (κ2) is 4.26. The molecule has 1 aliphatic rings. The summed E-state index contributed by atoms with van der Waals surface area (Å²) in [5.74, 6) is 0.207. The van der Waals surface area contributed by atoms with E-state index in [0.29, 0.717) is 6.42 Å². The summed E-state index contributed by atoms with van der Waals surface area (Å²) in [5.41, 5.74) is 0. The predicted octanol–water partition coefficient (Wildman–Crippen LogP) is 0.337. The molecule has 1 fully saturated rings. The first-order chi connectivity index (χ1) is 5.74. The molecule has 1 amide bonds. The van der Waals surface area contributed by atoms with Gasteiger partial charge in [0.15, 0.2) is 0 Å². The van der Waals surface area contributed by atoms with Crippen LogP contribution in [0.2, 0.25) is 0 Å². The van der Waals surface area contributed by atoms with E-state index >= 15 is 0 Å². The van der Waals surface area contributed by atoms with Crippen LogP contribution in [-0.4, -0.2) is 48.9 Å². The Labute approximate surface area is 73.6 Å². The maximum absolute atomic E-state index is 11.3. The molecule has 0 aromatic rings. The largest absolute Gasteiger partial charge is 0.340 e. The standard InChI is InChI=1S/C9H16N2O/c1-3-4-9(12)11-7-5-10(2)6-8-11/h3H,1,4-8H2,2H3/i9+1. The molecule has 68 valence electrons. The lowest BCUT2D eigenvalue weighted by Crippen LogP contribution is -2.46. The molecule has 0 aromatic carbocycles. The van der Waals surface area contributed by atoms with E-state index < -0.39 is 0 Å². The van der Waals surface area contributed by atoms with Gasteiger partial charge in [-0.05, 0) is 7.05 Å². The third kappa shape index (κ3) is 2.34. The van der Waals surface area contributed by atoms with Crippen LogP contribution in [0.5, 0.6) is 0 Å². The van der Waals surface area contributed by atoms with Crippen molar-refractivity contribution in [1.29, 1.82) is 0 Å². The van der Waals surface area contributed by atoms with Crippen molar-refractivity contribution in [3.05, 3.63) is 12.7 Å². The molecule has 0 radical (unpaired) electrons. The Morgan fingerprint density at radius 1 is 1.42 bits per heavy atom. The summed E-state index contributed by atoms with van der Waals surface area (Å²) in [6.45, 7) is 7.26. The number of likely N-dealkylation sites (N-methyl/N-ethyl adjacent to an activating group) is 1. The lowest BCUT2D eigenvalue weighted by Gasteiger charge is -2.32. The van der Waals surface area contributed by atoms with E-state index in [1.54, 1.807) is 6.08 Å². The average Bonchev–Trinajstić information content (AvgIpc) is 2.06. The monoisotopic (exact) mass is 169 g/mol. The lowest BCUT2D eigenvalue weighted by molar-refractivity contribution is -0.131. The average molecular weight is 169 g/mol. The van der Waals surface area contributed by atoms with E-state index in [2.05, 4.69) is 18.5 Å². The quantitative estimate of drug-likeness (QED) is 0.439. The first-order valence-corrected chi connectivity index (χ1v) is 4.31. The van der Waals surface area contributed by atoms with Gasteiger partial charge in [0.2, 0.25) is 5.91 Å². The summed E-state index contributed by atoms with van der Waals surface area (Å²) >= 11 is 0. The second-order valence-corrected chi connectivity index (χ2v) is 3.18. The molecule has 0 unspecified atom stereocenters. The fraction of sp³-hybridized carbons (Fsp3) is 0.667. The lowest BCUT2D eigenvalue weighted by atomic mass is 10.3. The maximum Gasteiger partial charge on any atom is 0.226 e. The van der Waals surface area contributed by atoms with E-state index in [-0.39, 0.29) is 5.91 Å². The van der Waals surface area contributed by atoms with Gasteiger partial charge in [-0.2, -0.15) is 0 Å². The summed E-state index contributed by atoms with van der Waals surface area (Å²) in [4.78, 5) is 15.5. The van der Waals surface area contributed by atoms with Crippen LogP contribution in [-0.2, 0) is 4.79 Å². The molecule has 0 N–H and O–H groups in total. The molecule has 12 heavy (non-hydrogen) atoms. The minimum absolute atomic E-state index is 0.207. The summed E-state index contributed by atoms with van der Waals surface area (Å²) in [6, 6.07) is 0. The second-order valence-electron chi connectivity index (χ2n) is 3.18. The van der Waals surface area contributed by atoms with Gasteiger partial charge < -0.3 is 9.80 Å². The highest BCUT2D eigenvalue weighted by atomic mass is 16.2. The summed E-state index contributed by atoms with van der Waals surface area (Å²) < 4.78 is 0. The zero-order chi connectivity index (χ0) is 8.97. The zero-order valence-electron chi connectivity index (χ0n) is 7.62. The Bertz CT molecular complexity index is 171. The van der Waals surface area contributed by atoms with Crippen LogP contribution in [0, 0.1) is 0 Å². The highest BCUT2D eigenvalue weighted by Gasteiger charge is 2.17. The van der Waals surface area contributed by atoms with Crippen LogP contribution in [0.15, 0.2) is 12.7 Å². The van der Waals surface area contributed by atoms with Crippen molar-refractivity contribution in [1.82, 2.24) is 9.80 Å². The van der Waals surface area contributed by atoms with Gasteiger partial charge in [0.25, 0.3) is 0 Å². The van der Waals surface area contributed by atoms with Gasteiger partial charge in [0.05, 0.1) is 0 Å². The highest BCUT2D eigenvalue weighted by molar-refractivity contribution is 5.77. The molecule has 0 aliphatic carbocycles. The van der Waals surface area contributed by atoms with Gasteiger partial charge in [-0.15, -0.1) is 6.58 Å². The molecular weight excluding hydrogens is 153 g/mol. The van der Waals surface area contributed by atoms with Gasteiger partial charge in [0.1, 0.15) is 0 Å². The van der Waals surface area contributed by atoms with Gasteiger partial charge in [0, 0.05) is 32.6 Å². The Balaban J connectivity index is 2.33. The number of carbonyl (C=O) groups is 1. The van der Waals surface area contributed by atoms with Gasteiger partial charge in [-0.1, -0.05) is 6.08 Å². The molecule has 0 spiro atoms. The molecule has 3 heteroatoms. The van der Waals surface area contributed by atoms with Gasteiger partial charge in [-0.3, -0.25) is 4.79 Å². The Morgan fingerprint density at radius 3 is 2.50 bits per heavy atom. The minimum atomic E-state index is 0.207. The molecule has 3 nitrogen and oxygen atoms in total. The van der Waals surface area contributed by atoms with Crippen LogP contribution in [0.25, 0.3) is 0 Å². The van der Waals surface area contributed by atoms with Crippen molar-refractivity contribution >= 4 is 5.91 Å². The van der Waals surface area contributed by atoms with Crippen molar-refractivity contribution in [2.75, 3.05) is 33.2 Å². The molecule has 0 saturated carbocycles. The topological polar surface area (TPSA) is 23.6 Å². The molecular formula is C9H16N2O. The van der Waals surface area contributed by atoms with E-state index in [1.165, 1.54) is 0 Å². The molecule has 1 heterocycles. The van der Waals surface area contributed by atoms with E-state index in [1.807, 2.05) is 4.90 Å².